The zero-order chi connectivity index (χ0) is 21.1. The molecule has 7 nitrogen and oxygen atoms in total. The van der Waals surface area contributed by atoms with E-state index in [2.05, 4.69) is 22.9 Å². The van der Waals surface area contributed by atoms with Gasteiger partial charge in [-0.1, -0.05) is 19.8 Å². The number of hydrogen-bond acceptors (Lipinski definition) is 6. The molecule has 2 aliphatic rings. The van der Waals surface area contributed by atoms with Crippen LogP contribution in [0.2, 0.25) is 0 Å². The molecule has 0 spiro atoms. The number of sulfonamides is 1. The van der Waals surface area contributed by atoms with Gasteiger partial charge in [0, 0.05) is 31.7 Å². The quantitative estimate of drug-likeness (QED) is 0.731. The minimum atomic E-state index is -3.50. The Morgan fingerprint density at radius 2 is 1.77 bits per heavy atom. The van der Waals surface area contributed by atoms with Gasteiger partial charge in [-0.05, 0) is 55.9 Å². The molecule has 2 aliphatic heterocycles. The van der Waals surface area contributed by atoms with Crippen LogP contribution >= 0.6 is 0 Å². The standard InChI is InChI=1S/C22H28N4O3S/c1-17-7-6-14-26(16-17)30(27,28)19-10-8-18(9-11-19)21-24-20(15-23)22(29-21)25-12-4-2-3-5-13-25/h8-11,17H,2-7,12-14,16H2,1H3/t17-/m1/s1. The average Bonchev–Trinajstić information content (AvgIpc) is 3.00. The molecule has 0 amide bonds. The third-order valence-corrected chi connectivity index (χ3v) is 7.85. The first-order valence-electron chi connectivity index (χ1n) is 10.8. The minimum Gasteiger partial charge on any atom is -0.419 e. The van der Waals surface area contributed by atoms with E-state index in [1.807, 2.05) is 0 Å². The van der Waals surface area contributed by atoms with Crippen molar-refractivity contribution in [2.45, 2.75) is 50.3 Å². The maximum atomic E-state index is 13.0. The number of nitriles is 1. The molecular weight excluding hydrogens is 400 g/mol. The molecule has 1 aromatic heterocycles. The second-order valence-electron chi connectivity index (χ2n) is 8.32. The number of hydrogen-bond donors (Lipinski definition) is 0. The van der Waals surface area contributed by atoms with Crippen molar-refractivity contribution in [3.05, 3.63) is 30.0 Å². The third-order valence-electron chi connectivity index (χ3n) is 5.97. The van der Waals surface area contributed by atoms with Gasteiger partial charge >= 0.3 is 0 Å². The Morgan fingerprint density at radius 3 is 2.40 bits per heavy atom. The molecule has 0 aliphatic carbocycles. The molecule has 0 radical (unpaired) electrons. The molecule has 4 rings (SSSR count). The summed E-state index contributed by atoms with van der Waals surface area (Å²) in [7, 11) is -3.50. The Morgan fingerprint density at radius 1 is 1.07 bits per heavy atom. The summed E-state index contributed by atoms with van der Waals surface area (Å²) in [6.45, 7) is 4.93. The van der Waals surface area contributed by atoms with Gasteiger partial charge in [0.15, 0.2) is 0 Å². The fourth-order valence-electron chi connectivity index (χ4n) is 4.28. The van der Waals surface area contributed by atoms with Crippen molar-refractivity contribution in [1.82, 2.24) is 9.29 Å². The molecule has 1 aromatic carbocycles. The minimum absolute atomic E-state index is 0.278. The van der Waals surface area contributed by atoms with Crippen LogP contribution in [-0.4, -0.2) is 43.9 Å². The lowest BCUT2D eigenvalue weighted by atomic mass is 10.0. The lowest BCUT2D eigenvalue weighted by Gasteiger charge is -2.30. The Balaban J connectivity index is 1.58. The molecular formula is C22H28N4O3S. The molecule has 2 fully saturated rings. The van der Waals surface area contributed by atoms with Gasteiger partial charge in [-0.15, -0.1) is 0 Å². The van der Waals surface area contributed by atoms with E-state index >= 15 is 0 Å². The van der Waals surface area contributed by atoms with Gasteiger partial charge in [-0.3, -0.25) is 0 Å². The number of piperidine rings is 1. The van der Waals surface area contributed by atoms with Crippen LogP contribution in [0.3, 0.4) is 0 Å². The average molecular weight is 429 g/mol. The van der Waals surface area contributed by atoms with Crippen LogP contribution in [0.1, 0.15) is 51.1 Å². The van der Waals surface area contributed by atoms with Gasteiger partial charge in [0.1, 0.15) is 6.07 Å². The molecule has 1 atom stereocenters. The van der Waals surface area contributed by atoms with E-state index < -0.39 is 10.0 Å². The predicted molar refractivity (Wildman–Crippen MR) is 114 cm³/mol. The summed E-state index contributed by atoms with van der Waals surface area (Å²) < 4.78 is 33.5. The van der Waals surface area contributed by atoms with Crippen LogP contribution in [0.4, 0.5) is 5.88 Å². The van der Waals surface area contributed by atoms with Crippen LogP contribution in [0.5, 0.6) is 0 Å². The van der Waals surface area contributed by atoms with E-state index in [1.165, 1.54) is 12.8 Å². The van der Waals surface area contributed by atoms with Gasteiger partial charge in [0.2, 0.25) is 27.5 Å². The van der Waals surface area contributed by atoms with E-state index in [4.69, 9.17) is 4.42 Å². The molecule has 160 valence electrons. The van der Waals surface area contributed by atoms with Gasteiger partial charge in [0.05, 0.1) is 4.90 Å². The molecule has 0 bridgehead atoms. The number of rotatable bonds is 4. The molecule has 0 N–H and O–H groups in total. The van der Waals surface area contributed by atoms with Crippen molar-refractivity contribution in [3.8, 4) is 17.5 Å². The van der Waals surface area contributed by atoms with E-state index in [1.54, 1.807) is 28.6 Å². The first kappa shape index (κ1) is 20.9. The number of nitrogens with zero attached hydrogens (tertiary/aromatic N) is 4. The number of anilines is 1. The maximum Gasteiger partial charge on any atom is 0.243 e. The number of oxazole rings is 1. The monoisotopic (exact) mass is 428 g/mol. The van der Waals surface area contributed by atoms with E-state index in [0.717, 1.165) is 38.8 Å². The highest BCUT2D eigenvalue weighted by molar-refractivity contribution is 7.89. The lowest BCUT2D eigenvalue weighted by molar-refractivity contribution is 0.281. The summed E-state index contributed by atoms with van der Waals surface area (Å²) in [5.74, 6) is 1.25. The molecule has 2 aromatic rings. The van der Waals surface area contributed by atoms with Crippen molar-refractivity contribution in [2.24, 2.45) is 5.92 Å². The topological polar surface area (TPSA) is 90.4 Å². The van der Waals surface area contributed by atoms with Crippen LogP contribution in [-0.2, 0) is 10.0 Å². The largest absolute Gasteiger partial charge is 0.419 e. The third kappa shape index (κ3) is 4.23. The Labute approximate surface area is 178 Å². The van der Waals surface area contributed by atoms with Crippen LogP contribution < -0.4 is 4.90 Å². The van der Waals surface area contributed by atoms with Gasteiger partial charge in [-0.2, -0.15) is 14.6 Å². The lowest BCUT2D eigenvalue weighted by Crippen LogP contribution is -2.39. The van der Waals surface area contributed by atoms with Crippen LogP contribution in [0.25, 0.3) is 11.5 Å². The zero-order valence-corrected chi connectivity index (χ0v) is 18.2. The fraction of sp³-hybridized carbons (Fsp3) is 0.545. The summed E-state index contributed by atoms with van der Waals surface area (Å²) >= 11 is 0. The maximum absolute atomic E-state index is 13.0. The molecule has 0 saturated carbocycles. The van der Waals surface area contributed by atoms with Crippen LogP contribution in [0.15, 0.2) is 33.6 Å². The van der Waals surface area contributed by atoms with Crippen molar-refractivity contribution in [1.29, 1.82) is 5.26 Å². The first-order valence-corrected chi connectivity index (χ1v) is 12.2. The van der Waals surface area contributed by atoms with Gasteiger partial charge in [0.25, 0.3) is 0 Å². The number of benzene rings is 1. The van der Waals surface area contributed by atoms with E-state index in [9.17, 15) is 13.7 Å². The summed E-state index contributed by atoms with van der Waals surface area (Å²) in [6.07, 6.45) is 6.47. The first-order chi connectivity index (χ1) is 14.5. The summed E-state index contributed by atoms with van der Waals surface area (Å²) in [4.78, 5) is 6.74. The van der Waals surface area contributed by atoms with Crippen molar-refractivity contribution < 1.29 is 12.8 Å². The fourth-order valence-corrected chi connectivity index (χ4v) is 5.88. The molecule has 8 heteroatoms. The smallest absolute Gasteiger partial charge is 0.243 e. The second kappa shape index (κ2) is 8.78. The highest BCUT2D eigenvalue weighted by Crippen LogP contribution is 2.31. The van der Waals surface area contributed by atoms with Gasteiger partial charge < -0.3 is 9.32 Å². The summed E-state index contributed by atoms with van der Waals surface area (Å²) in [5.41, 5.74) is 0.949. The van der Waals surface area contributed by atoms with Crippen molar-refractivity contribution >= 4 is 15.9 Å². The summed E-state index contributed by atoms with van der Waals surface area (Å²) in [5, 5.41) is 9.51. The number of aromatic nitrogens is 1. The highest BCUT2D eigenvalue weighted by Gasteiger charge is 2.29. The SMILES string of the molecule is C[C@@H]1CCCN(S(=O)(=O)c2ccc(-c3nc(C#N)c(N4CCCCCC4)o3)cc2)C1. The Kier molecular flexibility index (Phi) is 6.11. The zero-order valence-electron chi connectivity index (χ0n) is 17.4. The molecule has 3 heterocycles. The Bertz CT molecular complexity index is 1020. The second-order valence-corrected chi connectivity index (χ2v) is 10.3. The normalized spacial score (nSPS) is 21.2. The molecule has 0 unspecified atom stereocenters. The van der Waals surface area contributed by atoms with E-state index in [0.29, 0.717) is 36.3 Å². The van der Waals surface area contributed by atoms with E-state index in [-0.39, 0.29) is 10.6 Å². The van der Waals surface area contributed by atoms with Gasteiger partial charge in [-0.25, -0.2) is 8.42 Å². The highest BCUT2D eigenvalue weighted by atomic mass is 32.2. The summed E-state index contributed by atoms with van der Waals surface area (Å²) in [6, 6.07) is 8.76. The molecule has 2 saturated heterocycles. The Hall–Kier alpha value is -2.37. The van der Waals surface area contributed by atoms with Crippen molar-refractivity contribution in [2.75, 3.05) is 31.1 Å². The van der Waals surface area contributed by atoms with Crippen molar-refractivity contribution in [3.63, 3.8) is 0 Å². The molecule has 30 heavy (non-hydrogen) atoms. The van der Waals surface area contributed by atoms with Crippen LogP contribution in [0, 0.1) is 17.2 Å². The predicted octanol–water partition coefficient (Wildman–Crippen LogP) is 4.01.